The molecule has 0 aliphatic carbocycles. The van der Waals surface area contributed by atoms with Gasteiger partial charge in [-0.25, -0.2) is 23.1 Å². The van der Waals surface area contributed by atoms with Crippen molar-refractivity contribution in [1.82, 2.24) is 24.2 Å². The van der Waals surface area contributed by atoms with Crippen LogP contribution < -0.4 is 20.5 Å². The molecule has 0 spiro atoms. The maximum Gasteiger partial charge on any atom is 0.285 e. The van der Waals surface area contributed by atoms with Gasteiger partial charge in [-0.15, -0.1) is 0 Å². The second-order valence-electron chi connectivity index (χ2n) is 10.8. The van der Waals surface area contributed by atoms with Gasteiger partial charge in [0.2, 0.25) is 16.0 Å². The monoisotopic (exact) mass is 609 g/mol. The van der Waals surface area contributed by atoms with E-state index in [1.165, 1.54) is 6.07 Å². The third-order valence-corrected chi connectivity index (χ3v) is 8.17. The Morgan fingerprint density at radius 3 is 2.60 bits per heavy atom. The van der Waals surface area contributed by atoms with Gasteiger partial charge in [0.25, 0.3) is 11.5 Å². The molecular formula is C29H32ClN7O4S. The Balaban J connectivity index is 1.52. The molecule has 1 saturated heterocycles. The molecule has 0 unspecified atom stereocenters. The van der Waals surface area contributed by atoms with Crippen molar-refractivity contribution in [1.29, 1.82) is 0 Å². The summed E-state index contributed by atoms with van der Waals surface area (Å²) in [4.78, 5) is 42.0. The second-order valence-corrected chi connectivity index (χ2v) is 12.9. The summed E-state index contributed by atoms with van der Waals surface area (Å²) in [5.41, 5.74) is 4.24. The lowest BCUT2D eigenvalue weighted by molar-refractivity contribution is 0.0977. The minimum atomic E-state index is -3.83. The number of hydrogen-bond acceptors (Lipinski definition) is 9. The first kappa shape index (κ1) is 29.5. The van der Waals surface area contributed by atoms with Crippen molar-refractivity contribution in [2.75, 3.05) is 29.6 Å². The van der Waals surface area contributed by atoms with E-state index in [-0.39, 0.29) is 28.0 Å². The van der Waals surface area contributed by atoms with Crippen LogP contribution in [0.3, 0.4) is 0 Å². The molecule has 0 bridgehead atoms. The van der Waals surface area contributed by atoms with Gasteiger partial charge in [-0.3, -0.25) is 19.1 Å². The Morgan fingerprint density at radius 2 is 1.90 bits per heavy atom. The molecule has 1 fully saturated rings. The average molecular weight is 610 g/mol. The van der Waals surface area contributed by atoms with Crippen LogP contribution >= 0.6 is 11.6 Å². The number of nitrogens with zero attached hydrogens (tertiary/aromatic N) is 5. The molecule has 1 amide bonds. The van der Waals surface area contributed by atoms with E-state index in [4.69, 9.17) is 16.6 Å². The van der Waals surface area contributed by atoms with E-state index in [0.717, 1.165) is 41.6 Å². The second kappa shape index (κ2) is 11.3. The molecule has 1 aliphatic heterocycles. The van der Waals surface area contributed by atoms with E-state index in [0.29, 0.717) is 23.4 Å². The molecule has 11 nitrogen and oxygen atoms in total. The lowest BCUT2D eigenvalue weighted by atomic mass is 10.0. The van der Waals surface area contributed by atoms with E-state index in [2.05, 4.69) is 26.3 Å². The third kappa shape index (κ3) is 6.09. The number of anilines is 2. The van der Waals surface area contributed by atoms with Crippen LogP contribution in [0.5, 0.6) is 0 Å². The van der Waals surface area contributed by atoms with Crippen molar-refractivity contribution in [2.45, 2.75) is 39.2 Å². The smallest absolute Gasteiger partial charge is 0.285 e. The molecule has 42 heavy (non-hydrogen) atoms. The maximum absolute atomic E-state index is 13.6. The number of aromatic nitrogens is 4. The number of carbonyl (C=O) groups excluding carboxylic acids is 1. The molecule has 220 valence electrons. The van der Waals surface area contributed by atoms with Crippen molar-refractivity contribution in [3.8, 4) is 0 Å². The summed E-state index contributed by atoms with van der Waals surface area (Å²) in [7, 11) is -2.09. The maximum atomic E-state index is 13.6. The summed E-state index contributed by atoms with van der Waals surface area (Å²) >= 11 is 6.03. The summed E-state index contributed by atoms with van der Waals surface area (Å²) < 4.78 is 26.9. The molecule has 2 atom stereocenters. The van der Waals surface area contributed by atoms with Crippen LogP contribution in [0.25, 0.3) is 10.9 Å². The van der Waals surface area contributed by atoms with Crippen molar-refractivity contribution in [3.63, 3.8) is 0 Å². The number of hydrogen-bond donors (Lipinski definition) is 2. The molecule has 2 N–H and O–H groups in total. The van der Waals surface area contributed by atoms with Gasteiger partial charge in [0.05, 0.1) is 28.9 Å². The van der Waals surface area contributed by atoms with Crippen LogP contribution in [0.1, 0.15) is 58.2 Å². The van der Waals surface area contributed by atoms with E-state index in [1.54, 1.807) is 17.7 Å². The Labute approximate surface area is 249 Å². The van der Waals surface area contributed by atoms with Crippen molar-refractivity contribution >= 4 is 50.1 Å². The van der Waals surface area contributed by atoms with Crippen LogP contribution in [-0.2, 0) is 17.1 Å². The SMILES string of the molecule is Cc1cc([C@@H](C)Nc2ccc(Cl)nc2C(=O)NS(C)(=O)=O)c2nc(N3CC[C@@H](c4ccc(C)nc4)C3)n(C)c(=O)c2c1. The number of fused-ring (bicyclic) bond motifs is 1. The van der Waals surface area contributed by atoms with E-state index >= 15 is 0 Å². The topological polar surface area (TPSA) is 139 Å². The van der Waals surface area contributed by atoms with Crippen LogP contribution in [0.15, 0.2) is 47.4 Å². The third-order valence-electron chi connectivity index (χ3n) is 7.40. The highest BCUT2D eigenvalue weighted by molar-refractivity contribution is 7.89. The lowest BCUT2D eigenvalue weighted by Gasteiger charge is -2.23. The summed E-state index contributed by atoms with van der Waals surface area (Å²) in [5, 5.41) is 3.76. The van der Waals surface area contributed by atoms with Gasteiger partial charge < -0.3 is 10.2 Å². The zero-order chi connectivity index (χ0) is 30.3. The molecule has 1 aromatic carbocycles. The molecule has 3 aromatic heterocycles. The Kier molecular flexibility index (Phi) is 7.95. The van der Waals surface area contributed by atoms with Gasteiger partial charge in [-0.05, 0) is 62.6 Å². The number of carbonyl (C=O) groups is 1. The van der Waals surface area contributed by atoms with Gasteiger partial charge in [-0.2, -0.15) is 0 Å². The highest BCUT2D eigenvalue weighted by Gasteiger charge is 2.28. The van der Waals surface area contributed by atoms with Gasteiger partial charge in [-0.1, -0.05) is 23.7 Å². The zero-order valence-electron chi connectivity index (χ0n) is 24.0. The van der Waals surface area contributed by atoms with Crippen LogP contribution in [0, 0.1) is 13.8 Å². The van der Waals surface area contributed by atoms with Crippen LogP contribution in [-0.4, -0.2) is 53.2 Å². The van der Waals surface area contributed by atoms with Crippen molar-refractivity contribution in [3.05, 3.63) is 86.2 Å². The van der Waals surface area contributed by atoms with Gasteiger partial charge >= 0.3 is 0 Å². The summed E-state index contributed by atoms with van der Waals surface area (Å²) in [6.45, 7) is 7.19. The van der Waals surface area contributed by atoms with Crippen molar-refractivity contribution < 1.29 is 13.2 Å². The fourth-order valence-electron chi connectivity index (χ4n) is 5.34. The summed E-state index contributed by atoms with van der Waals surface area (Å²) in [6, 6.07) is 10.5. The fraction of sp³-hybridized carbons (Fsp3) is 0.345. The molecule has 4 aromatic rings. The Hall–Kier alpha value is -4.03. The summed E-state index contributed by atoms with van der Waals surface area (Å²) in [6.07, 6.45) is 3.72. The molecule has 0 saturated carbocycles. The van der Waals surface area contributed by atoms with E-state index < -0.39 is 22.0 Å². The number of amides is 1. The molecule has 13 heteroatoms. The molecule has 4 heterocycles. The quantitative estimate of drug-likeness (QED) is 0.299. The number of aryl methyl sites for hydroxylation is 2. The van der Waals surface area contributed by atoms with Crippen LogP contribution in [0.2, 0.25) is 5.15 Å². The predicted molar refractivity (Wildman–Crippen MR) is 164 cm³/mol. The minimum Gasteiger partial charge on any atom is -0.377 e. The number of benzene rings is 1. The number of nitrogens with one attached hydrogen (secondary N) is 2. The summed E-state index contributed by atoms with van der Waals surface area (Å²) in [5.74, 6) is -0.0584. The van der Waals surface area contributed by atoms with Crippen LogP contribution in [0.4, 0.5) is 11.6 Å². The number of pyridine rings is 2. The minimum absolute atomic E-state index is 0.0352. The number of halogens is 1. The lowest BCUT2D eigenvalue weighted by Crippen LogP contribution is -2.31. The first-order valence-electron chi connectivity index (χ1n) is 13.4. The average Bonchev–Trinajstić information content (AvgIpc) is 3.41. The molecule has 0 radical (unpaired) electrons. The number of rotatable bonds is 7. The Bertz CT molecular complexity index is 1860. The van der Waals surface area contributed by atoms with Gasteiger partial charge in [0, 0.05) is 43.5 Å². The van der Waals surface area contributed by atoms with Gasteiger partial charge in [0.15, 0.2) is 5.69 Å². The largest absolute Gasteiger partial charge is 0.377 e. The van der Waals surface area contributed by atoms with Gasteiger partial charge in [0.1, 0.15) is 5.15 Å². The predicted octanol–water partition coefficient (Wildman–Crippen LogP) is 3.85. The number of sulfonamides is 1. The highest BCUT2D eigenvalue weighted by Crippen LogP contribution is 2.32. The molecule has 1 aliphatic rings. The van der Waals surface area contributed by atoms with E-state index in [9.17, 15) is 18.0 Å². The fourth-order valence-corrected chi connectivity index (χ4v) is 5.92. The normalized spacial score (nSPS) is 16.0. The standard InChI is InChI=1S/C29H32ClN7O4S/c1-16-12-21(18(3)32-23-8-9-24(30)33-26(23)27(38)35-42(5,40)41)25-22(13-16)28(39)36(4)29(34-25)37-11-10-20(15-37)19-7-6-17(2)31-14-19/h6-9,12-14,18,20,32H,10-11,15H2,1-5H3,(H,35,38)/t18-,20-/m1/s1. The highest BCUT2D eigenvalue weighted by atomic mass is 35.5. The van der Waals surface area contributed by atoms with Crippen molar-refractivity contribution in [2.24, 2.45) is 7.05 Å². The van der Waals surface area contributed by atoms with E-state index in [1.807, 2.05) is 49.9 Å². The molecule has 5 rings (SSSR count). The molecular weight excluding hydrogens is 578 g/mol. The zero-order valence-corrected chi connectivity index (χ0v) is 25.5. The first-order chi connectivity index (χ1) is 19.8. The first-order valence-corrected chi connectivity index (χ1v) is 15.7. The Morgan fingerprint density at radius 1 is 1.14 bits per heavy atom.